The van der Waals surface area contributed by atoms with E-state index in [1.165, 1.54) is 12.8 Å². The van der Waals surface area contributed by atoms with Gasteiger partial charge in [-0.1, -0.05) is 30.3 Å². The first kappa shape index (κ1) is 29.5. The molecule has 1 aromatic carbocycles. The van der Waals surface area contributed by atoms with Crippen LogP contribution in [0.5, 0.6) is 0 Å². The van der Waals surface area contributed by atoms with Crippen LogP contribution in [0.2, 0.25) is 0 Å². The van der Waals surface area contributed by atoms with Crippen molar-refractivity contribution in [2.75, 3.05) is 39.8 Å². The van der Waals surface area contributed by atoms with Crippen molar-refractivity contribution in [3.8, 4) is 0 Å². The van der Waals surface area contributed by atoms with E-state index in [0.29, 0.717) is 57.7 Å². The highest BCUT2D eigenvalue weighted by Crippen LogP contribution is 2.36. The van der Waals surface area contributed by atoms with E-state index >= 15 is 0 Å². The number of hydrogen-bond acceptors (Lipinski definition) is 5. The Bertz CT molecular complexity index is 1090. The standard InChI is InChI=1S/C32H47N5O4/c1-22-31(40)34-27(18-24-7-4-3-5-8-24)32(41)37-20-25-17-26(28(37)9-6-10-29(38)33-22)21-36(19-25)30(39)12-11-23-13-15-35(2)16-14-23/h3-5,7-8,22-23,25-28H,6,9-21H2,1-2H3,(H,33,38)(H,34,40)/t22-,25+,26-,27+,28+/m1/s1. The Balaban J connectivity index is 1.30. The highest BCUT2D eigenvalue weighted by Gasteiger charge is 2.45. The van der Waals surface area contributed by atoms with Crippen LogP contribution in [0.25, 0.3) is 0 Å². The monoisotopic (exact) mass is 565 g/mol. The minimum atomic E-state index is -0.711. The van der Waals surface area contributed by atoms with E-state index in [0.717, 1.165) is 31.5 Å². The number of fused-ring (bicyclic) bond motifs is 4. The quantitative estimate of drug-likeness (QED) is 0.570. The minimum absolute atomic E-state index is 0.0527. The Labute approximate surface area is 244 Å². The third-order valence-corrected chi connectivity index (χ3v) is 9.78. The van der Waals surface area contributed by atoms with Gasteiger partial charge in [-0.2, -0.15) is 0 Å². The third-order valence-electron chi connectivity index (χ3n) is 9.78. The van der Waals surface area contributed by atoms with Crippen LogP contribution in [0.1, 0.15) is 63.9 Å². The minimum Gasteiger partial charge on any atom is -0.345 e. The van der Waals surface area contributed by atoms with Crippen molar-refractivity contribution in [3.05, 3.63) is 35.9 Å². The van der Waals surface area contributed by atoms with Crippen molar-refractivity contribution in [3.63, 3.8) is 0 Å². The summed E-state index contributed by atoms with van der Waals surface area (Å²) in [5, 5.41) is 5.76. The maximum Gasteiger partial charge on any atom is 0.245 e. The van der Waals surface area contributed by atoms with Crippen LogP contribution < -0.4 is 10.6 Å². The normalized spacial score (nSPS) is 30.5. The molecule has 224 valence electrons. The Morgan fingerprint density at radius 3 is 2.49 bits per heavy atom. The average Bonchev–Trinajstić information content (AvgIpc) is 2.96. The van der Waals surface area contributed by atoms with Gasteiger partial charge in [-0.3, -0.25) is 19.2 Å². The third kappa shape index (κ3) is 7.48. The van der Waals surface area contributed by atoms with Gasteiger partial charge in [-0.05, 0) is 88.9 Å². The molecule has 9 heteroatoms. The van der Waals surface area contributed by atoms with Crippen LogP contribution in [0, 0.1) is 17.8 Å². The lowest BCUT2D eigenvalue weighted by molar-refractivity contribution is -0.149. The highest BCUT2D eigenvalue weighted by atomic mass is 16.2. The summed E-state index contributed by atoms with van der Waals surface area (Å²) >= 11 is 0. The zero-order chi connectivity index (χ0) is 28.9. The number of hydrogen-bond donors (Lipinski definition) is 2. The first-order chi connectivity index (χ1) is 19.8. The van der Waals surface area contributed by atoms with Gasteiger partial charge in [0.2, 0.25) is 23.6 Å². The van der Waals surface area contributed by atoms with Crippen LogP contribution in [0.3, 0.4) is 0 Å². The molecule has 5 atom stereocenters. The van der Waals surface area contributed by atoms with Crippen molar-refractivity contribution in [2.24, 2.45) is 17.8 Å². The van der Waals surface area contributed by atoms with Crippen LogP contribution in [0.4, 0.5) is 0 Å². The van der Waals surface area contributed by atoms with Crippen molar-refractivity contribution in [2.45, 2.75) is 82.8 Å². The maximum absolute atomic E-state index is 14.2. The fourth-order valence-electron chi connectivity index (χ4n) is 7.41. The van der Waals surface area contributed by atoms with E-state index in [1.54, 1.807) is 6.92 Å². The van der Waals surface area contributed by atoms with Gasteiger partial charge in [0.05, 0.1) is 0 Å². The molecule has 0 aromatic heterocycles. The highest BCUT2D eigenvalue weighted by molar-refractivity contribution is 5.92. The molecular weight excluding hydrogens is 518 g/mol. The lowest BCUT2D eigenvalue weighted by Gasteiger charge is -2.51. The molecule has 0 spiro atoms. The first-order valence-electron chi connectivity index (χ1n) is 15.7. The van der Waals surface area contributed by atoms with Crippen molar-refractivity contribution in [1.82, 2.24) is 25.3 Å². The summed E-state index contributed by atoms with van der Waals surface area (Å²) in [6, 6.07) is 8.28. The topological polar surface area (TPSA) is 102 Å². The molecular formula is C32H47N5O4. The van der Waals surface area contributed by atoms with Gasteiger partial charge in [0.15, 0.2) is 0 Å². The number of carbonyl (C=O) groups excluding carboxylic acids is 4. The Hall–Kier alpha value is -2.94. The average molecular weight is 566 g/mol. The molecule has 4 saturated heterocycles. The van der Waals surface area contributed by atoms with Crippen LogP contribution in [-0.4, -0.2) is 96.2 Å². The molecule has 41 heavy (non-hydrogen) atoms. The fraction of sp³-hybridized carbons (Fsp3) is 0.688. The summed E-state index contributed by atoms with van der Waals surface area (Å²) in [4.78, 5) is 59.6. The summed E-state index contributed by atoms with van der Waals surface area (Å²) < 4.78 is 0. The van der Waals surface area contributed by atoms with Gasteiger partial charge < -0.3 is 25.3 Å². The summed E-state index contributed by atoms with van der Waals surface area (Å²) in [5.74, 6) is 0.736. The number of rotatable bonds is 5. The molecule has 0 radical (unpaired) electrons. The van der Waals surface area contributed by atoms with Crippen LogP contribution in [-0.2, 0) is 25.6 Å². The van der Waals surface area contributed by atoms with E-state index in [9.17, 15) is 19.2 Å². The molecule has 4 aliphatic heterocycles. The molecule has 0 saturated carbocycles. The smallest absolute Gasteiger partial charge is 0.245 e. The van der Waals surface area contributed by atoms with Gasteiger partial charge in [0.25, 0.3) is 0 Å². The molecule has 4 fully saturated rings. The lowest BCUT2D eigenvalue weighted by Crippen LogP contribution is -2.63. The molecule has 4 amide bonds. The fourth-order valence-corrected chi connectivity index (χ4v) is 7.41. The van der Waals surface area contributed by atoms with E-state index in [2.05, 4.69) is 27.5 Å². The van der Waals surface area contributed by atoms with Crippen molar-refractivity contribution in [1.29, 1.82) is 0 Å². The second-order valence-electron chi connectivity index (χ2n) is 12.9. The number of benzene rings is 1. The molecule has 1 aromatic rings. The van der Waals surface area contributed by atoms with Gasteiger partial charge in [0, 0.05) is 44.9 Å². The van der Waals surface area contributed by atoms with Crippen LogP contribution in [0.15, 0.2) is 30.3 Å². The lowest BCUT2D eigenvalue weighted by atomic mass is 9.77. The zero-order valence-electron chi connectivity index (χ0n) is 24.7. The molecule has 5 rings (SSSR count). The first-order valence-corrected chi connectivity index (χ1v) is 15.7. The largest absolute Gasteiger partial charge is 0.345 e. The zero-order valence-corrected chi connectivity index (χ0v) is 24.7. The molecule has 0 unspecified atom stereocenters. The number of amides is 4. The predicted molar refractivity (Wildman–Crippen MR) is 157 cm³/mol. The van der Waals surface area contributed by atoms with Gasteiger partial charge >= 0.3 is 0 Å². The molecule has 2 N–H and O–H groups in total. The SMILES string of the molecule is C[C@H]1NC(=O)CCC[C@H]2[C@@H]3C[C@@H](CN(C(=O)CCC4CCN(C)CC4)C3)CN2C(=O)[C@H](Cc2ccccc2)NC1=O. The summed E-state index contributed by atoms with van der Waals surface area (Å²) in [5.41, 5.74) is 0.977. The molecule has 9 nitrogen and oxygen atoms in total. The molecule has 4 aliphatic rings. The number of nitrogens with zero attached hydrogens (tertiary/aromatic N) is 3. The van der Waals surface area contributed by atoms with E-state index < -0.39 is 12.1 Å². The Morgan fingerprint density at radius 1 is 0.976 bits per heavy atom. The second-order valence-corrected chi connectivity index (χ2v) is 12.9. The van der Waals surface area contributed by atoms with Gasteiger partial charge in [-0.25, -0.2) is 0 Å². The van der Waals surface area contributed by atoms with E-state index in [1.807, 2.05) is 35.2 Å². The van der Waals surface area contributed by atoms with Crippen LogP contribution >= 0.6 is 0 Å². The second kappa shape index (κ2) is 13.4. The van der Waals surface area contributed by atoms with E-state index in [-0.39, 0.29) is 41.5 Å². The van der Waals surface area contributed by atoms with Gasteiger partial charge in [-0.15, -0.1) is 0 Å². The van der Waals surface area contributed by atoms with Crippen molar-refractivity contribution < 1.29 is 19.2 Å². The molecule has 0 aliphatic carbocycles. The number of nitrogens with one attached hydrogen (secondary N) is 2. The van der Waals surface area contributed by atoms with E-state index in [4.69, 9.17) is 0 Å². The summed E-state index contributed by atoms with van der Waals surface area (Å²) in [6.07, 6.45) is 6.96. The Morgan fingerprint density at radius 2 is 1.73 bits per heavy atom. The summed E-state index contributed by atoms with van der Waals surface area (Å²) in [7, 11) is 2.16. The Kier molecular flexibility index (Phi) is 9.63. The summed E-state index contributed by atoms with van der Waals surface area (Å²) in [6.45, 7) is 5.82. The number of carbonyl (C=O) groups is 4. The van der Waals surface area contributed by atoms with Gasteiger partial charge in [0.1, 0.15) is 12.1 Å². The number of piperidine rings is 3. The predicted octanol–water partition coefficient (Wildman–Crippen LogP) is 2.20. The molecule has 4 heterocycles. The maximum atomic E-state index is 14.2. The van der Waals surface area contributed by atoms with Crippen molar-refractivity contribution >= 4 is 23.6 Å². The molecule has 2 bridgehead atoms. The number of likely N-dealkylation sites (tertiary alicyclic amines) is 2.